The zero-order valence-corrected chi connectivity index (χ0v) is 18.9. The van der Waals surface area contributed by atoms with E-state index in [2.05, 4.69) is 9.97 Å². The lowest BCUT2D eigenvalue weighted by molar-refractivity contribution is -0.0514. The van der Waals surface area contributed by atoms with E-state index in [4.69, 9.17) is 20.6 Å². The Hall–Kier alpha value is -2.92. The van der Waals surface area contributed by atoms with Crippen molar-refractivity contribution < 1.29 is 26.7 Å². The largest absolute Gasteiger partial charge is 0.476 e. The highest BCUT2D eigenvalue weighted by atomic mass is 32.2. The molecule has 1 aromatic heterocycles. The number of rotatable bonds is 11. The summed E-state index contributed by atoms with van der Waals surface area (Å²) in [6, 6.07) is 4.14. The number of nitrogens with zero attached hydrogens (tertiary/aromatic N) is 2. The zero-order valence-electron chi connectivity index (χ0n) is 18.1. The second-order valence-electron chi connectivity index (χ2n) is 7.96. The molecule has 33 heavy (non-hydrogen) atoms. The highest BCUT2D eigenvalue weighted by Gasteiger charge is 2.23. The van der Waals surface area contributed by atoms with E-state index < -0.39 is 32.6 Å². The van der Waals surface area contributed by atoms with Crippen molar-refractivity contribution in [1.29, 1.82) is 5.41 Å². The van der Waals surface area contributed by atoms with Crippen LogP contribution in [0.5, 0.6) is 5.88 Å². The third-order valence-electron chi connectivity index (χ3n) is 5.19. The predicted molar refractivity (Wildman–Crippen MR) is 121 cm³/mol. The Kier molecular flexibility index (Phi) is 8.09. The molecule has 2 heterocycles. The average Bonchev–Trinajstić information content (AvgIpc) is 2.71. The number of amidine groups is 1. The smallest absolute Gasteiger partial charge is 0.232 e. The highest BCUT2D eigenvalue weighted by molar-refractivity contribution is 7.92. The molecule has 8 nitrogen and oxygen atoms in total. The van der Waals surface area contributed by atoms with Crippen LogP contribution < -0.4 is 10.5 Å². The first kappa shape index (κ1) is 24.7. The molecule has 0 amide bonds. The van der Waals surface area contributed by atoms with Crippen molar-refractivity contribution in [3.05, 3.63) is 53.2 Å². The molecule has 2 aromatic rings. The van der Waals surface area contributed by atoms with Crippen molar-refractivity contribution in [1.82, 2.24) is 9.97 Å². The summed E-state index contributed by atoms with van der Waals surface area (Å²) in [4.78, 5) is 8.07. The molecule has 1 fully saturated rings. The molecule has 1 unspecified atom stereocenters. The molecule has 11 heteroatoms. The third-order valence-corrected chi connectivity index (χ3v) is 6.71. The van der Waals surface area contributed by atoms with Crippen molar-refractivity contribution in [3.8, 4) is 5.88 Å². The topological polar surface area (TPSA) is 128 Å². The molecule has 0 bridgehead atoms. The number of sulfone groups is 1. The molecule has 178 valence electrons. The summed E-state index contributed by atoms with van der Waals surface area (Å²) in [6.45, 7) is 1.76. The van der Waals surface area contributed by atoms with Gasteiger partial charge in [-0.1, -0.05) is 6.07 Å². The molecule has 1 aliphatic heterocycles. The van der Waals surface area contributed by atoms with Gasteiger partial charge in [0, 0.05) is 12.2 Å². The van der Waals surface area contributed by atoms with Crippen molar-refractivity contribution in [2.75, 3.05) is 26.1 Å². The number of aromatic nitrogens is 2. The number of halogens is 2. The predicted octanol–water partition coefficient (Wildman–Crippen LogP) is 2.78. The Morgan fingerprint density at radius 3 is 2.70 bits per heavy atom. The van der Waals surface area contributed by atoms with Crippen LogP contribution in [0, 0.1) is 17.1 Å². The summed E-state index contributed by atoms with van der Waals surface area (Å²) in [5.74, 6) is -0.945. The van der Waals surface area contributed by atoms with Crippen LogP contribution in [0.15, 0.2) is 30.6 Å². The summed E-state index contributed by atoms with van der Waals surface area (Å²) in [5, 5.41) is 6.34. The lowest BCUT2D eigenvalue weighted by Gasteiger charge is -2.25. The van der Waals surface area contributed by atoms with Gasteiger partial charge in [-0.15, -0.1) is 0 Å². The Labute approximate surface area is 191 Å². The highest BCUT2D eigenvalue weighted by Crippen LogP contribution is 2.22. The van der Waals surface area contributed by atoms with Crippen LogP contribution in [0.4, 0.5) is 8.78 Å². The van der Waals surface area contributed by atoms with E-state index in [1.165, 1.54) is 36.7 Å². The van der Waals surface area contributed by atoms with Crippen LogP contribution in [-0.2, 0) is 21.0 Å². The SMILES string of the molecule is CS(=O)(=O)C(CCCc1cc(/C=C(\F)c2cnc(OCC3COC3)cn2)ccc1F)C(=N)N. The standard InChI is InChI=1S/C22H26F2N4O4S/c1-33(29,30)20(22(25)26)4-2-3-16-7-14(5-6-17(16)23)8-18(24)19-9-28-21(10-27-19)32-13-15-11-31-12-15/h5-10,15,20H,2-4,11-13H2,1H3,(H3,25,26)/b18-8-. The van der Waals surface area contributed by atoms with Gasteiger partial charge < -0.3 is 15.2 Å². The fourth-order valence-electron chi connectivity index (χ4n) is 3.27. The van der Waals surface area contributed by atoms with Crippen molar-refractivity contribution in [2.24, 2.45) is 11.7 Å². The van der Waals surface area contributed by atoms with Gasteiger partial charge >= 0.3 is 0 Å². The van der Waals surface area contributed by atoms with E-state index in [0.29, 0.717) is 49.2 Å². The Morgan fingerprint density at radius 2 is 2.12 bits per heavy atom. The minimum absolute atomic E-state index is 0.0117. The first-order chi connectivity index (χ1) is 15.6. The maximum absolute atomic E-state index is 14.6. The van der Waals surface area contributed by atoms with Crippen molar-refractivity contribution >= 4 is 27.6 Å². The van der Waals surface area contributed by atoms with Crippen LogP contribution in [0.2, 0.25) is 0 Å². The van der Waals surface area contributed by atoms with Gasteiger partial charge in [0.2, 0.25) is 5.88 Å². The summed E-state index contributed by atoms with van der Waals surface area (Å²) in [5.41, 5.74) is 6.11. The first-order valence-electron chi connectivity index (χ1n) is 10.3. The summed E-state index contributed by atoms with van der Waals surface area (Å²) in [6.07, 6.45) is 5.43. The Balaban J connectivity index is 1.63. The lowest BCUT2D eigenvalue weighted by atomic mass is 10.0. The minimum Gasteiger partial charge on any atom is -0.476 e. The van der Waals surface area contributed by atoms with Crippen LogP contribution in [0.25, 0.3) is 11.9 Å². The van der Waals surface area contributed by atoms with Crippen molar-refractivity contribution in [2.45, 2.75) is 24.5 Å². The van der Waals surface area contributed by atoms with Gasteiger partial charge in [0.15, 0.2) is 15.7 Å². The van der Waals surface area contributed by atoms with Gasteiger partial charge in [-0.25, -0.2) is 27.2 Å². The summed E-state index contributed by atoms with van der Waals surface area (Å²) in [7, 11) is -3.52. The van der Waals surface area contributed by atoms with Crippen LogP contribution >= 0.6 is 0 Å². The van der Waals surface area contributed by atoms with Gasteiger partial charge in [-0.05, 0) is 48.6 Å². The molecular weight excluding hydrogens is 454 g/mol. The molecule has 0 aliphatic carbocycles. The molecule has 0 radical (unpaired) electrons. The van der Waals surface area contributed by atoms with E-state index in [9.17, 15) is 17.2 Å². The molecule has 1 saturated heterocycles. The number of benzene rings is 1. The Morgan fingerprint density at radius 1 is 1.36 bits per heavy atom. The first-order valence-corrected chi connectivity index (χ1v) is 12.3. The van der Waals surface area contributed by atoms with Crippen LogP contribution in [0.1, 0.15) is 29.7 Å². The second kappa shape index (κ2) is 10.8. The van der Waals surface area contributed by atoms with E-state index in [1.807, 2.05) is 0 Å². The van der Waals surface area contributed by atoms with Gasteiger partial charge in [-0.3, -0.25) is 5.41 Å². The van der Waals surface area contributed by atoms with E-state index in [0.717, 1.165) is 6.26 Å². The quantitative estimate of drug-likeness (QED) is 0.374. The molecule has 1 atom stereocenters. The number of hydrogen-bond acceptors (Lipinski definition) is 7. The van der Waals surface area contributed by atoms with Gasteiger partial charge in [0.05, 0.1) is 32.2 Å². The van der Waals surface area contributed by atoms with E-state index in [1.54, 1.807) is 0 Å². The van der Waals surface area contributed by atoms with E-state index in [-0.39, 0.29) is 18.5 Å². The molecular formula is C22H26F2N4O4S. The molecule has 3 rings (SSSR count). The summed E-state index contributed by atoms with van der Waals surface area (Å²) >= 11 is 0. The lowest BCUT2D eigenvalue weighted by Crippen LogP contribution is -2.34. The monoisotopic (exact) mass is 480 g/mol. The fourth-order valence-corrected chi connectivity index (χ4v) is 4.33. The maximum atomic E-state index is 14.6. The normalized spacial score (nSPS) is 15.7. The molecule has 1 aliphatic rings. The average molecular weight is 481 g/mol. The minimum atomic E-state index is -3.52. The number of aryl methyl sites for hydroxylation is 1. The summed E-state index contributed by atoms with van der Waals surface area (Å²) < 4.78 is 62.9. The van der Waals surface area contributed by atoms with Crippen LogP contribution in [-0.4, -0.2) is 55.5 Å². The molecule has 0 spiro atoms. The molecule has 1 aromatic carbocycles. The maximum Gasteiger partial charge on any atom is 0.232 e. The van der Waals surface area contributed by atoms with Crippen LogP contribution in [0.3, 0.4) is 0 Å². The van der Waals surface area contributed by atoms with E-state index >= 15 is 0 Å². The molecule has 3 N–H and O–H groups in total. The third kappa shape index (κ3) is 7.03. The number of ether oxygens (including phenoxy) is 2. The number of nitrogens with one attached hydrogen (secondary N) is 1. The van der Waals surface area contributed by atoms with Gasteiger partial charge in [0.25, 0.3) is 0 Å². The zero-order chi connectivity index (χ0) is 24.0. The number of nitrogens with two attached hydrogens (primary N) is 1. The number of hydrogen-bond donors (Lipinski definition) is 2. The fraction of sp³-hybridized carbons (Fsp3) is 0.409. The molecule has 0 saturated carbocycles. The van der Waals surface area contributed by atoms with Crippen molar-refractivity contribution in [3.63, 3.8) is 0 Å². The van der Waals surface area contributed by atoms with Gasteiger partial charge in [-0.2, -0.15) is 0 Å². The van der Waals surface area contributed by atoms with Gasteiger partial charge in [0.1, 0.15) is 22.6 Å². The second-order valence-corrected chi connectivity index (χ2v) is 10.2. The Bertz CT molecular complexity index is 1120.